The quantitative estimate of drug-likeness (QED) is 0.746. The van der Waals surface area contributed by atoms with Gasteiger partial charge >= 0.3 is 0 Å². The van der Waals surface area contributed by atoms with Crippen molar-refractivity contribution in [3.63, 3.8) is 0 Å². The minimum atomic E-state index is -1.83. The van der Waals surface area contributed by atoms with Crippen molar-refractivity contribution in [2.24, 2.45) is 0 Å². The van der Waals surface area contributed by atoms with Crippen LogP contribution in [0.3, 0.4) is 0 Å². The van der Waals surface area contributed by atoms with E-state index in [4.69, 9.17) is 4.43 Å². The van der Waals surface area contributed by atoms with Crippen LogP contribution in [0.2, 0.25) is 44.8 Å². The number of hydrogen-bond acceptors (Lipinski definition) is 2. The molecule has 15 heavy (non-hydrogen) atoms. The first-order chi connectivity index (χ1) is 6.41. The molecule has 92 valence electrons. The zero-order valence-electron chi connectivity index (χ0n) is 11.5. The van der Waals surface area contributed by atoms with E-state index < -0.39 is 16.6 Å². The lowest BCUT2D eigenvalue weighted by Gasteiger charge is -2.33. The van der Waals surface area contributed by atoms with Crippen LogP contribution in [0, 0.1) is 0 Å². The van der Waals surface area contributed by atoms with Crippen molar-refractivity contribution in [2.75, 3.05) is 0 Å². The van der Waals surface area contributed by atoms with E-state index in [-0.39, 0.29) is 14.7 Å². The van der Waals surface area contributed by atoms with E-state index in [0.29, 0.717) is 0 Å². The minimum Gasteiger partial charge on any atom is -0.432 e. The first-order valence-electron chi connectivity index (χ1n) is 5.84. The van der Waals surface area contributed by atoms with Gasteiger partial charge in [0.25, 0.3) is 0 Å². The van der Waals surface area contributed by atoms with E-state index in [1.165, 1.54) is 6.04 Å². The van der Waals surface area contributed by atoms with Gasteiger partial charge in [0.15, 0.2) is 16.6 Å². The summed E-state index contributed by atoms with van der Waals surface area (Å²) in [5.41, 5.74) is 0. The van der Waals surface area contributed by atoms with Gasteiger partial charge in [0.2, 0.25) is 0 Å². The Kier molecular flexibility index (Phi) is 5.47. The fourth-order valence-corrected chi connectivity index (χ4v) is 10.2. The van der Waals surface area contributed by atoms with E-state index in [1.807, 2.05) is 13.1 Å². The molecule has 0 spiro atoms. The first-order valence-corrected chi connectivity index (χ1v) is 14.1. The fourth-order valence-electron chi connectivity index (χ4n) is 1.83. The third-order valence-electron chi connectivity index (χ3n) is 2.15. The van der Waals surface area contributed by atoms with Gasteiger partial charge in [-0.15, -0.1) is 0 Å². The third-order valence-corrected chi connectivity index (χ3v) is 7.94. The normalized spacial score (nSPS) is 15.2. The monoisotopic (exact) mass is 264 g/mol. The van der Waals surface area contributed by atoms with Gasteiger partial charge in [0, 0.05) is 5.22 Å². The van der Waals surface area contributed by atoms with Gasteiger partial charge in [-0.05, 0) is 52.6 Å². The summed E-state index contributed by atoms with van der Waals surface area (Å²) in [7, 11) is -3.46. The first kappa shape index (κ1) is 15.6. The molecule has 0 radical (unpaired) electrons. The Morgan fingerprint density at radius 1 is 1.13 bits per heavy atom. The maximum absolute atomic E-state index is 9.78. The molecule has 0 aromatic rings. The lowest BCUT2D eigenvalue weighted by Crippen LogP contribution is -2.43. The molecule has 0 rings (SSSR count). The summed E-state index contributed by atoms with van der Waals surface area (Å²) in [6, 6.07) is 2.25. The highest BCUT2D eigenvalue weighted by molar-refractivity contribution is 6.71. The second kappa shape index (κ2) is 5.27. The van der Waals surface area contributed by atoms with Gasteiger partial charge in [-0.25, -0.2) is 0 Å². The fraction of sp³-hybridized carbons (Fsp3) is 1.00. The second-order valence-corrected chi connectivity index (χ2v) is 18.1. The third kappa shape index (κ3) is 10.8. The smallest absolute Gasteiger partial charge is 0.183 e. The second-order valence-electron chi connectivity index (χ2n) is 6.64. The van der Waals surface area contributed by atoms with Crippen molar-refractivity contribution in [2.45, 2.75) is 63.9 Å². The molecule has 0 saturated heterocycles. The van der Waals surface area contributed by atoms with Gasteiger partial charge in [-0.3, -0.25) is 0 Å². The van der Waals surface area contributed by atoms with Crippen LogP contribution >= 0.6 is 0 Å². The molecule has 0 aliphatic heterocycles. The molecule has 0 fully saturated rings. The molecular weight excluding hydrogens is 236 g/mol. The molecule has 0 heterocycles. The van der Waals surface area contributed by atoms with Crippen molar-refractivity contribution in [3.8, 4) is 0 Å². The van der Waals surface area contributed by atoms with Crippen LogP contribution in [0.25, 0.3) is 0 Å². The standard InChI is InChI=1S/C10H28O2Si3/c1-10(2,12-14(3,4)5)13-8-9-15(6,7)11/h11H,8-9,13H2,1-7H3. The molecule has 0 aliphatic rings. The molecule has 0 aliphatic carbocycles. The van der Waals surface area contributed by atoms with Gasteiger partial charge < -0.3 is 9.22 Å². The largest absolute Gasteiger partial charge is 0.432 e. The van der Waals surface area contributed by atoms with E-state index in [1.54, 1.807) is 0 Å². The van der Waals surface area contributed by atoms with Crippen molar-refractivity contribution in [1.29, 1.82) is 0 Å². The van der Waals surface area contributed by atoms with Crippen LogP contribution in [0.5, 0.6) is 0 Å². The number of rotatable bonds is 6. The van der Waals surface area contributed by atoms with Crippen molar-refractivity contribution in [3.05, 3.63) is 0 Å². The molecule has 0 amide bonds. The lowest BCUT2D eigenvalue weighted by atomic mass is 10.5. The predicted molar refractivity (Wildman–Crippen MR) is 76.4 cm³/mol. The molecule has 0 unspecified atom stereocenters. The summed E-state index contributed by atoms with van der Waals surface area (Å²) in [5.74, 6) is 0. The SMILES string of the molecule is CC(C)(O[Si](C)(C)C)[SiH2]CC[Si](C)(C)O. The van der Waals surface area contributed by atoms with E-state index in [2.05, 4.69) is 33.5 Å². The molecular formula is C10H28O2Si3. The molecule has 2 nitrogen and oxygen atoms in total. The molecule has 0 aromatic carbocycles. The molecule has 0 aromatic heterocycles. The van der Waals surface area contributed by atoms with Crippen LogP contribution in [-0.2, 0) is 4.43 Å². The summed E-state index contributed by atoms with van der Waals surface area (Å²) in [6.45, 7) is 15.2. The van der Waals surface area contributed by atoms with Crippen LogP contribution in [0.1, 0.15) is 13.8 Å². The highest BCUT2D eigenvalue weighted by Gasteiger charge is 2.28. The summed E-state index contributed by atoms with van der Waals surface area (Å²) in [5, 5.41) is 0.115. The Bertz CT molecular complexity index is 192. The van der Waals surface area contributed by atoms with Crippen molar-refractivity contribution < 1.29 is 9.22 Å². The molecule has 1 N–H and O–H groups in total. The maximum Gasteiger partial charge on any atom is 0.183 e. The van der Waals surface area contributed by atoms with Gasteiger partial charge in [0.1, 0.15) is 0 Å². The van der Waals surface area contributed by atoms with E-state index in [9.17, 15) is 4.80 Å². The Labute approximate surface area is 99.5 Å². The van der Waals surface area contributed by atoms with Crippen LogP contribution in [0.15, 0.2) is 0 Å². The minimum absolute atomic E-state index is 0.115. The molecule has 0 bridgehead atoms. The van der Waals surface area contributed by atoms with E-state index >= 15 is 0 Å². The van der Waals surface area contributed by atoms with Crippen LogP contribution < -0.4 is 0 Å². The molecule has 0 atom stereocenters. The maximum atomic E-state index is 9.78. The van der Waals surface area contributed by atoms with Crippen LogP contribution in [-0.4, -0.2) is 36.2 Å². The zero-order valence-corrected chi connectivity index (χ0v) is 14.9. The summed E-state index contributed by atoms with van der Waals surface area (Å²) < 4.78 is 6.17. The Morgan fingerprint density at radius 2 is 1.60 bits per heavy atom. The highest BCUT2D eigenvalue weighted by Crippen LogP contribution is 2.19. The highest BCUT2D eigenvalue weighted by atomic mass is 28.4. The molecule has 0 saturated carbocycles. The molecule has 5 heteroatoms. The average molecular weight is 265 g/mol. The summed E-state index contributed by atoms with van der Waals surface area (Å²) >= 11 is 0. The predicted octanol–water partition coefficient (Wildman–Crippen LogP) is 2.36. The summed E-state index contributed by atoms with van der Waals surface area (Å²) in [6.07, 6.45) is 0. The van der Waals surface area contributed by atoms with Crippen molar-refractivity contribution in [1.82, 2.24) is 0 Å². The number of hydrogen-bond donors (Lipinski definition) is 1. The van der Waals surface area contributed by atoms with Gasteiger partial charge in [-0.2, -0.15) is 0 Å². The van der Waals surface area contributed by atoms with Crippen LogP contribution in [0.4, 0.5) is 0 Å². The Morgan fingerprint density at radius 3 is 1.93 bits per heavy atom. The van der Waals surface area contributed by atoms with E-state index in [0.717, 1.165) is 6.04 Å². The van der Waals surface area contributed by atoms with Gasteiger partial charge in [-0.1, -0.05) is 6.04 Å². The lowest BCUT2D eigenvalue weighted by molar-refractivity contribution is 0.185. The van der Waals surface area contributed by atoms with Gasteiger partial charge in [0.05, 0.1) is 9.52 Å². The van der Waals surface area contributed by atoms with Crippen molar-refractivity contribution >= 4 is 26.2 Å². The Balaban J connectivity index is 3.95. The summed E-state index contributed by atoms with van der Waals surface area (Å²) in [4.78, 5) is 9.78. The Hall–Kier alpha value is 0.571. The average Bonchev–Trinajstić information content (AvgIpc) is 1.75. The zero-order chi connectivity index (χ0) is 12.3. The topological polar surface area (TPSA) is 29.5 Å².